The number of hydrogen-bond acceptors (Lipinski definition) is 2. The second kappa shape index (κ2) is 5.16. The smallest absolute Gasteiger partial charge is 0.315 e. The largest absolute Gasteiger partial charge is 0.401 e. The third kappa shape index (κ3) is 5.37. The summed E-state index contributed by atoms with van der Waals surface area (Å²) in [5, 5.41) is 5.54. The zero-order chi connectivity index (χ0) is 11.4. The van der Waals surface area contributed by atoms with Crippen LogP contribution in [0.1, 0.15) is 26.2 Å². The minimum Gasteiger partial charge on any atom is -0.315 e. The minimum absolute atomic E-state index is 0.371. The molecule has 2 nitrogen and oxygen atoms in total. The van der Waals surface area contributed by atoms with Gasteiger partial charge in [-0.25, -0.2) is 0 Å². The number of alkyl halides is 3. The second-order valence-corrected chi connectivity index (χ2v) is 4.63. The summed E-state index contributed by atoms with van der Waals surface area (Å²) in [6.45, 7) is 3.21. The fourth-order valence-corrected chi connectivity index (χ4v) is 1.75. The summed E-state index contributed by atoms with van der Waals surface area (Å²) in [5.74, 6) is 0. The van der Waals surface area contributed by atoms with Crippen LogP contribution >= 0.6 is 0 Å². The van der Waals surface area contributed by atoms with Crippen molar-refractivity contribution in [2.24, 2.45) is 5.41 Å². The van der Waals surface area contributed by atoms with Crippen LogP contribution in [0.4, 0.5) is 13.2 Å². The van der Waals surface area contributed by atoms with Crippen LogP contribution in [0.5, 0.6) is 0 Å². The van der Waals surface area contributed by atoms with Gasteiger partial charge in [-0.15, -0.1) is 0 Å². The first kappa shape index (κ1) is 12.8. The molecule has 0 heterocycles. The van der Waals surface area contributed by atoms with Crippen molar-refractivity contribution in [3.63, 3.8) is 0 Å². The van der Waals surface area contributed by atoms with Crippen LogP contribution in [0.2, 0.25) is 0 Å². The van der Waals surface area contributed by atoms with E-state index in [0.29, 0.717) is 18.5 Å². The lowest BCUT2D eigenvalue weighted by atomic mass is 9.70. The van der Waals surface area contributed by atoms with E-state index in [9.17, 15) is 13.2 Å². The van der Waals surface area contributed by atoms with Crippen molar-refractivity contribution in [3.8, 4) is 0 Å². The van der Waals surface area contributed by atoms with E-state index in [2.05, 4.69) is 17.6 Å². The standard InChI is InChI=1S/C10H19F3N2/c1-9(3-2-4-9)7-14-5-6-15-8-10(11,12)13/h14-15H,2-8H2,1H3. The van der Waals surface area contributed by atoms with Crippen molar-refractivity contribution in [1.29, 1.82) is 0 Å². The Hall–Kier alpha value is -0.290. The average molecular weight is 224 g/mol. The van der Waals surface area contributed by atoms with Gasteiger partial charge in [-0.05, 0) is 18.3 Å². The zero-order valence-electron chi connectivity index (χ0n) is 9.08. The van der Waals surface area contributed by atoms with Gasteiger partial charge < -0.3 is 10.6 Å². The molecule has 0 unspecified atom stereocenters. The number of halogens is 3. The Kier molecular flexibility index (Phi) is 4.40. The van der Waals surface area contributed by atoms with Gasteiger partial charge in [-0.1, -0.05) is 13.3 Å². The van der Waals surface area contributed by atoms with Gasteiger partial charge >= 0.3 is 6.18 Å². The molecule has 0 aliphatic heterocycles. The zero-order valence-corrected chi connectivity index (χ0v) is 9.08. The molecule has 1 aliphatic carbocycles. The summed E-state index contributed by atoms with van der Waals surface area (Å²) in [4.78, 5) is 0. The van der Waals surface area contributed by atoms with Gasteiger partial charge in [0, 0.05) is 19.6 Å². The van der Waals surface area contributed by atoms with Crippen molar-refractivity contribution >= 4 is 0 Å². The SMILES string of the molecule is CC1(CNCCNCC(F)(F)F)CCC1. The van der Waals surface area contributed by atoms with Crippen LogP contribution < -0.4 is 10.6 Å². The van der Waals surface area contributed by atoms with Gasteiger partial charge in [0.25, 0.3) is 0 Å². The van der Waals surface area contributed by atoms with Crippen molar-refractivity contribution < 1.29 is 13.2 Å². The van der Waals surface area contributed by atoms with Crippen molar-refractivity contribution in [1.82, 2.24) is 10.6 Å². The lowest BCUT2D eigenvalue weighted by Crippen LogP contribution is -2.40. The number of rotatable bonds is 6. The summed E-state index contributed by atoms with van der Waals surface area (Å²) in [6, 6.07) is 0. The van der Waals surface area contributed by atoms with E-state index in [1.807, 2.05) is 0 Å². The molecule has 0 atom stereocenters. The van der Waals surface area contributed by atoms with Crippen LogP contribution in [-0.4, -0.2) is 32.4 Å². The predicted molar refractivity (Wildman–Crippen MR) is 53.8 cm³/mol. The number of hydrogen-bond donors (Lipinski definition) is 2. The third-order valence-corrected chi connectivity index (χ3v) is 2.92. The van der Waals surface area contributed by atoms with E-state index in [1.165, 1.54) is 19.3 Å². The van der Waals surface area contributed by atoms with Crippen LogP contribution in [0.3, 0.4) is 0 Å². The Balaban J connectivity index is 1.89. The topological polar surface area (TPSA) is 24.1 Å². The van der Waals surface area contributed by atoms with Gasteiger partial charge in [0.2, 0.25) is 0 Å². The van der Waals surface area contributed by atoms with Gasteiger partial charge in [0.15, 0.2) is 0 Å². The van der Waals surface area contributed by atoms with Crippen LogP contribution in [0, 0.1) is 5.41 Å². The van der Waals surface area contributed by atoms with Crippen molar-refractivity contribution in [2.45, 2.75) is 32.4 Å². The molecule has 0 radical (unpaired) electrons. The molecule has 15 heavy (non-hydrogen) atoms. The molecule has 0 spiro atoms. The molecule has 1 rings (SSSR count). The highest BCUT2D eigenvalue weighted by molar-refractivity contribution is 4.85. The van der Waals surface area contributed by atoms with Gasteiger partial charge in [0.05, 0.1) is 6.54 Å². The van der Waals surface area contributed by atoms with E-state index < -0.39 is 12.7 Å². The fourth-order valence-electron chi connectivity index (χ4n) is 1.75. The predicted octanol–water partition coefficient (Wildman–Crippen LogP) is 1.92. The molecule has 2 N–H and O–H groups in total. The Morgan fingerprint density at radius 3 is 2.20 bits per heavy atom. The van der Waals surface area contributed by atoms with Gasteiger partial charge in [-0.3, -0.25) is 0 Å². The Morgan fingerprint density at radius 1 is 1.13 bits per heavy atom. The van der Waals surface area contributed by atoms with E-state index in [0.717, 1.165) is 6.54 Å². The molecule has 1 aliphatic rings. The van der Waals surface area contributed by atoms with Crippen molar-refractivity contribution in [3.05, 3.63) is 0 Å². The summed E-state index contributed by atoms with van der Waals surface area (Å²) in [7, 11) is 0. The second-order valence-electron chi connectivity index (χ2n) is 4.63. The molecule has 0 aromatic rings. The molecule has 0 aromatic heterocycles. The van der Waals surface area contributed by atoms with Crippen LogP contribution in [0.15, 0.2) is 0 Å². The summed E-state index contributed by atoms with van der Waals surface area (Å²) in [6.07, 6.45) is -0.351. The van der Waals surface area contributed by atoms with E-state index in [1.54, 1.807) is 0 Å². The van der Waals surface area contributed by atoms with Gasteiger partial charge in [0.1, 0.15) is 0 Å². The monoisotopic (exact) mass is 224 g/mol. The average Bonchev–Trinajstić information content (AvgIpc) is 2.06. The van der Waals surface area contributed by atoms with Crippen molar-refractivity contribution in [2.75, 3.05) is 26.2 Å². The molecule has 1 fully saturated rings. The van der Waals surface area contributed by atoms with E-state index in [-0.39, 0.29) is 0 Å². The summed E-state index contributed by atoms with van der Waals surface area (Å²) < 4.78 is 35.2. The lowest BCUT2D eigenvalue weighted by Gasteiger charge is -2.38. The molecule has 5 heteroatoms. The normalized spacial score (nSPS) is 20.0. The maximum atomic E-state index is 11.7. The highest BCUT2D eigenvalue weighted by Gasteiger charge is 2.30. The first-order chi connectivity index (χ1) is 6.91. The maximum absolute atomic E-state index is 11.7. The summed E-state index contributed by atoms with van der Waals surface area (Å²) in [5.41, 5.74) is 0.393. The Bertz CT molecular complexity index is 188. The molecule has 0 bridgehead atoms. The van der Waals surface area contributed by atoms with Gasteiger partial charge in [-0.2, -0.15) is 13.2 Å². The number of nitrogens with one attached hydrogen (secondary N) is 2. The quantitative estimate of drug-likeness (QED) is 0.673. The van der Waals surface area contributed by atoms with Crippen LogP contribution in [-0.2, 0) is 0 Å². The molecule has 0 saturated heterocycles. The molecular weight excluding hydrogens is 205 g/mol. The maximum Gasteiger partial charge on any atom is 0.401 e. The molecule has 0 amide bonds. The fraction of sp³-hybridized carbons (Fsp3) is 1.00. The highest BCUT2D eigenvalue weighted by Crippen LogP contribution is 2.39. The van der Waals surface area contributed by atoms with Crippen LogP contribution in [0.25, 0.3) is 0 Å². The molecule has 1 saturated carbocycles. The molecule has 90 valence electrons. The summed E-state index contributed by atoms with van der Waals surface area (Å²) >= 11 is 0. The highest BCUT2D eigenvalue weighted by atomic mass is 19.4. The minimum atomic E-state index is -4.10. The first-order valence-electron chi connectivity index (χ1n) is 5.40. The molecular formula is C10H19F3N2. The third-order valence-electron chi connectivity index (χ3n) is 2.92. The molecule has 0 aromatic carbocycles. The Morgan fingerprint density at radius 2 is 1.73 bits per heavy atom. The van der Waals surface area contributed by atoms with E-state index >= 15 is 0 Å². The lowest BCUT2D eigenvalue weighted by molar-refractivity contribution is -0.124. The Labute approximate surface area is 88.6 Å². The van der Waals surface area contributed by atoms with E-state index in [4.69, 9.17) is 0 Å². The first-order valence-corrected chi connectivity index (χ1v) is 5.40.